The highest BCUT2D eigenvalue weighted by Gasteiger charge is 2.34. The molecule has 5 atom stereocenters. The van der Waals surface area contributed by atoms with Crippen molar-refractivity contribution in [2.45, 2.75) is 70.5 Å². The summed E-state index contributed by atoms with van der Waals surface area (Å²) in [6.45, 7) is 7.26. The molecule has 9 heteroatoms. The zero-order valence-corrected chi connectivity index (χ0v) is 19.1. The summed E-state index contributed by atoms with van der Waals surface area (Å²) >= 11 is 0. The molecule has 0 spiro atoms. The number of alkyl carbamates (subject to hydrolysis) is 1. The fraction of sp³-hybridized carbons (Fsp3) is 0.565. The lowest BCUT2D eigenvalue weighted by atomic mass is 10.1. The fourth-order valence-electron chi connectivity index (χ4n) is 2.93. The van der Waals surface area contributed by atoms with Crippen molar-refractivity contribution in [2.24, 2.45) is 0 Å². The quantitative estimate of drug-likeness (QED) is 0.435. The van der Waals surface area contributed by atoms with Gasteiger partial charge in [-0.3, -0.25) is 0 Å². The Hall–Kier alpha value is -2.46. The highest BCUT2D eigenvalue weighted by atomic mass is 16.7. The van der Waals surface area contributed by atoms with E-state index in [1.807, 2.05) is 30.3 Å². The normalized spacial score (nSPS) is 22.6. The van der Waals surface area contributed by atoms with Crippen LogP contribution < -0.4 is 5.32 Å². The van der Waals surface area contributed by atoms with Crippen LogP contribution in [0.1, 0.15) is 33.3 Å². The van der Waals surface area contributed by atoms with Gasteiger partial charge in [-0.2, -0.15) is 0 Å². The topological polar surface area (TPSA) is 113 Å². The van der Waals surface area contributed by atoms with E-state index in [9.17, 15) is 14.7 Å². The molecule has 0 bridgehead atoms. The average Bonchev–Trinajstić information content (AvgIpc) is 2.73. The van der Waals surface area contributed by atoms with Crippen molar-refractivity contribution in [3.63, 3.8) is 0 Å². The van der Waals surface area contributed by atoms with E-state index in [2.05, 4.69) is 5.32 Å². The Labute approximate surface area is 188 Å². The van der Waals surface area contributed by atoms with Crippen molar-refractivity contribution in [1.29, 1.82) is 0 Å². The lowest BCUT2D eigenvalue weighted by Crippen LogP contribution is -2.52. The van der Waals surface area contributed by atoms with Crippen molar-refractivity contribution in [2.75, 3.05) is 13.7 Å². The number of nitrogens with one attached hydrogen (secondary N) is 1. The Morgan fingerprint density at radius 1 is 1.19 bits per heavy atom. The SMILES string of the molecule is COC(=O)[C@@H](NC(=O)OC(C)(C)C)[C@@H](C)O[C@H]1C=C[C@@H](O)[C@@H](COCc2ccccc2)O1. The van der Waals surface area contributed by atoms with Crippen LogP contribution in [-0.4, -0.2) is 67.1 Å². The molecule has 0 aliphatic carbocycles. The van der Waals surface area contributed by atoms with Crippen LogP contribution in [0.2, 0.25) is 0 Å². The van der Waals surface area contributed by atoms with Gasteiger partial charge in [0.15, 0.2) is 12.3 Å². The summed E-state index contributed by atoms with van der Waals surface area (Å²) in [4.78, 5) is 24.3. The molecule has 0 unspecified atom stereocenters. The number of ether oxygens (including phenoxy) is 5. The second-order valence-electron chi connectivity index (χ2n) is 8.41. The maximum Gasteiger partial charge on any atom is 0.408 e. The van der Waals surface area contributed by atoms with Gasteiger partial charge in [0.1, 0.15) is 17.8 Å². The Balaban J connectivity index is 1.92. The van der Waals surface area contributed by atoms with E-state index >= 15 is 0 Å². The predicted octanol–water partition coefficient (Wildman–Crippen LogP) is 2.32. The van der Waals surface area contributed by atoms with Crippen molar-refractivity contribution < 1.29 is 38.4 Å². The number of aliphatic hydroxyl groups is 1. The van der Waals surface area contributed by atoms with Gasteiger partial charge in [-0.15, -0.1) is 0 Å². The molecule has 0 saturated carbocycles. The average molecular weight is 452 g/mol. The molecular formula is C23H33NO8. The molecule has 1 aromatic carbocycles. The van der Waals surface area contributed by atoms with Gasteiger partial charge in [-0.25, -0.2) is 9.59 Å². The van der Waals surface area contributed by atoms with Gasteiger partial charge in [0.2, 0.25) is 0 Å². The number of amides is 1. The first kappa shape index (κ1) is 25.8. The lowest BCUT2D eigenvalue weighted by molar-refractivity contribution is -0.206. The third-order valence-electron chi connectivity index (χ3n) is 4.49. The van der Waals surface area contributed by atoms with E-state index in [0.717, 1.165) is 5.56 Å². The van der Waals surface area contributed by atoms with Crippen molar-refractivity contribution in [3.05, 3.63) is 48.0 Å². The van der Waals surface area contributed by atoms with Crippen LogP contribution in [0.4, 0.5) is 4.79 Å². The number of carbonyl (C=O) groups excluding carboxylic acids is 2. The highest BCUT2D eigenvalue weighted by molar-refractivity contribution is 5.82. The van der Waals surface area contributed by atoms with Crippen molar-refractivity contribution in [3.8, 4) is 0 Å². The van der Waals surface area contributed by atoms with E-state index in [4.69, 9.17) is 23.7 Å². The molecule has 32 heavy (non-hydrogen) atoms. The van der Waals surface area contributed by atoms with Gasteiger partial charge in [-0.1, -0.05) is 36.4 Å². The van der Waals surface area contributed by atoms with Crippen LogP contribution in [-0.2, 0) is 35.1 Å². The monoisotopic (exact) mass is 451 g/mol. The first-order chi connectivity index (χ1) is 15.1. The third-order valence-corrected chi connectivity index (χ3v) is 4.49. The van der Waals surface area contributed by atoms with Crippen LogP contribution in [0.3, 0.4) is 0 Å². The predicted molar refractivity (Wildman–Crippen MR) is 116 cm³/mol. The van der Waals surface area contributed by atoms with Crippen LogP contribution in [0, 0.1) is 0 Å². The van der Waals surface area contributed by atoms with Crippen molar-refractivity contribution >= 4 is 12.1 Å². The number of esters is 1. The third kappa shape index (κ3) is 8.58. The molecule has 1 heterocycles. The molecule has 0 saturated heterocycles. The number of hydrogen-bond donors (Lipinski definition) is 2. The van der Waals surface area contributed by atoms with E-state index in [-0.39, 0.29) is 6.61 Å². The Morgan fingerprint density at radius 3 is 2.50 bits per heavy atom. The molecule has 178 valence electrons. The Kier molecular flexibility index (Phi) is 9.64. The number of carbonyl (C=O) groups is 2. The van der Waals surface area contributed by atoms with E-state index < -0.39 is 48.3 Å². The molecule has 0 radical (unpaired) electrons. The zero-order chi connectivity index (χ0) is 23.7. The zero-order valence-electron chi connectivity index (χ0n) is 19.1. The lowest BCUT2D eigenvalue weighted by Gasteiger charge is -2.32. The molecule has 0 aromatic heterocycles. The number of rotatable bonds is 9. The maximum absolute atomic E-state index is 12.2. The molecule has 0 fully saturated rings. The summed E-state index contributed by atoms with van der Waals surface area (Å²) in [5.41, 5.74) is 0.275. The van der Waals surface area contributed by atoms with Gasteiger partial charge in [-0.05, 0) is 39.3 Å². The minimum absolute atomic E-state index is 0.144. The number of aliphatic hydroxyl groups excluding tert-OH is 1. The van der Waals surface area contributed by atoms with Gasteiger partial charge in [0.25, 0.3) is 0 Å². The largest absolute Gasteiger partial charge is 0.467 e. The first-order valence-corrected chi connectivity index (χ1v) is 10.5. The Morgan fingerprint density at radius 2 is 1.88 bits per heavy atom. The summed E-state index contributed by atoms with van der Waals surface area (Å²) in [5.74, 6) is -0.689. The molecular weight excluding hydrogens is 418 g/mol. The molecule has 1 aliphatic rings. The minimum atomic E-state index is -1.12. The standard InChI is InChI=1S/C23H33NO8/c1-15(20(21(26)28-5)24-22(27)32-23(2,3)4)30-19-12-11-17(25)18(31-19)14-29-13-16-9-7-6-8-10-16/h6-12,15,17-20,25H,13-14H2,1-5H3,(H,24,27)/t15-,17-,18-,19-,20+/m1/s1. The van der Waals surface area contributed by atoms with Gasteiger partial charge in [0, 0.05) is 0 Å². The number of methoxy groups -OCH3 is 1. The molecule has 1 aliphatic heterocycles. The highest BCUT2D eigenvalue weighted by Crippen LogP contribution is 2.18. The minimum Gasteiger partial charge on any atom is -0.467 e. The van der Waals surface area contributed by atoms with Crippen LogP contribution >= 0.6 is 0 Å². The molecule has 1 amide bonds. The maximum atomic E-state index is 12.2. The molecule has 1 aromatic rings. The summed E-state index contributed by atoms with van der Waals surface area (Å²) in [7, 11) is 1.21. The van der Waals surface area contributed by atoms with Gasteiger partial charge < -0.3 is 34.1 Å². The van der Waals surface area contributed by atoms with Crippen LogP contribution in [0.5, 0.6) is 0 Å². The smallest absolute Gasteiger partial charge is 0.408 e. The summed E-state index contributed by atoms with van der Waals surface area (Å²) in [6, 6.07) is 8.52. The molecule has 9 nitrogen and oxygen atoms in total. The Bertz CT molecular complexity index is 761. The van der Waals surface area contributed by atoms with Crippen molar-refractivity contribution in [1.82, 2.24) is 5.32 Å². The molecule has 2 rings (SSSR count). The number of hydrogen-bond acceptors (Lipinski definition) is 8. The van der Waals surface area contributed by atoms with Gasteiger partial charge in [0.05, 0.1) is 26.4 Å². The summed E-state index contributed by atoms with van der Waals surface area (Å²) in [5, 5.41) is 12.7. The summed E-state index contributed by atoms with van der Waals surface area (Å²) in [6.07, 6.45) is -0.876. The summed E-state index contributed by atoms with van der Waals surface area (Å²) < 4.78 is 27.2. The van der Waals surface area contributed by atoms with Crippen LogP contribution in [0.25, 0.3) is 0 Å². The first-order valence-electron chi connectivity index (χ1n) is 10.5. The van der Waals surface area contributed by atoms with E-state index in [0.29, 0.717) is 6.61 Å². The molecule has 2 N–H and O–H groups in total. The fourth-order valence-corrected chi connectivity index (χ4v) is 2.93. The second kappa shape index (κ2) is 12.0. The van der Waals surface area contributed by atoms with E-state index in [1.165, 1.54) is 13.2 Å². The second-order valence-corrected chi connectivity index (χ2v) is 8.41. The van der Waals surface area contributed by atoms with E-state index in [1.54, 1.807) is 33.8 Å². The van der Waals surface area contributed by atoms with Crippen LogP contribution in [0.15, 0.2) is 42.5 Å². The number of benzene rings is 1. The van der Waals surface area contributed by atoms with Gasteiger partial charge >= 0.3 is 12.1 Å².